The third-order valence-electron chi connectivity index (χ3n) is 6.01. The molecule has 0 fully saturated rings. The molecule has 1 aromatic heterocycles. The SMILES string of the molecule is CCOC(=O)C1=C(C)N=c2sc(=Cc3ccccc3OCC(N)=O)c(=O)n2C1c1ccc(C(C)C)cc1. The Hall–Kier alpha value is -3.98. The second-order valence-corrected chi connectivity index (χ2v) is 9.93. The van der Waals surface area contributed by atoms with Crippen LogP contribution in [0.3, 0.4) is 0 Å². The molecule has 1 aliphatic heterocycles. The van der Waals surface area contributed by atoms with Gasteiger partial charge < -0.3 is 15.2 Å². The second-order valence-electron chi connectivity index (χ2n) is 8.92. The van der Waals surface area contributed by atoms with Gasteiger partial charge in [0, 0.05) is 5.56 Å². The lowest BCUT2D eigenvalue weighted by molar-refractivity contribution is -0.139. The molecule has 0 aliphatic carbocycles. The molecule has 9 heteroatoms. The van der Waals surface area contributed by atoms with Crippen LogP contribution in [0.25, 0.3) is 6.08 Å². The second kappa shape index (κ2) is 11.0. The summed E-state index contributed by atoms with van der Waals surface area (Å²) >= 11 is 1.22. The number of carbonyl (C=O) groups excluding carboxylic acids is 2. The maximum absolute atomic E-state index is 13.8. The first-order chi connectivity index (χ1) is 17.7. The molecule has 8 nitrogen and oxygen atoms in total. The van der Waals surface area contributed by atoms with Crippen molar-refractivity contribution in [3.63, 3.8) is 0 Å². The number of esters is 1. The molecule has 0 radical (unpaired) electrons. The van der Waals surface area contributed by atoms with E-state index in [1.165, 1.54) is 11.3 Å². The first-order valence-corrected chi connectivity index (χ1v) is 12.8. The van der Waals surface area contributed by atoms with Gasteiger partial charge in [-0.1, -0.05) is 67.6 Å². The number of para-hydroxylation sites is 1. The third kappa shape index (κ3) is 5.41. The van der Waals surface area contributed by atoms with E-state index < -0.39 is 17.9 Å². The summed E-state index contributed by atoms with van der Waals surface area (Å²) in [4.78, 5) is 43.1. The maximum Gasteiger partial charge on any atom is 0.338 e. The summed E-state index contributed by atoms with van der Waals surface area (Å²) in [6.45, 7) is 7.65. The van der Waals surface area contributed by atoms with E-state index >= 15 is 0 Å². The van der Waals surface area contributed by atoms with E-state index in [1.807, 2.05) is 30.3 Å². The normalized spacial score (nSPS) is 15.4. The molecule has 0 spiro atoms. The van der Waals surface area contributed by atoms with Gasteiger partial charge in [0.2, 0.25) is 0 Å². The van der Waals surface area contributed by atoms with Crippen molar-refractivity contribution in [1.82, 2.24) is 4.57 Å². The summed E-state index contributed by atoms with van der Waals surface area (Å²) in [5, 5.41) is 0. The number of nitrogens with two attached hydrogens (primary N) is 1. The lowest BCUT2D eigenvalue weighted by Gasteiger charge is -2.25. The average molecular weight is 520 g/mol. The molecule has 1 aliphatic rings. The Morgan fingerprint density at radius 1 is 1.16 bits per heavy atom. The Labute approximate surface area is 218 Å². The van der Waals surface area contributed by atoms with E-state index in [-0.39, 0.29) is 18.8 Å². The number of rotatable bonds is 8. The number of primary amides is 1. The molecular weight excluding hydrogens is 490 g/mol. The Balaban J connectivity index is 1.89. The molecule has 0 bridgehead atoms. The van der Waals surface area contributed by atoms with Gasteiger partial charge in [-0.15, -0.1) is 0 Å². The molecule has 3 aromatic rings. The third-order valence-corrected chi connectivity index (χ3v) is 6.99. The first kappa shape index (κ1) is 26.1. The van der Waals surface area contributed by atoms with Crippen LogP contribution in [-0.4, -0.2) is 29.7 Å². The minimum atomic E-state index is -0.681. The van der Waals surface area contributed by atoms with Crippen LogP contribution in [-0.2, 0) is 14.3 Å². The summed E-state index contributed by atoms with van der Waals surface area (Å²) in [7, 11) is 0. The number of aromatic nitrogens is 1. The number of hydrogen-bond acceptors (Lipinski definition) is 7. The molecule has 2 heterocycles. The van der Waals surface area contributed by atoms with Gasteiger partial charge in [0.05, 0.1) is 28.5 Å². The van der Waals surface area contributed by atoms with Crippen LogP contribution in [0, 0.1) is 0 Å². The summed E-state index contributed by atoms with van der Waals surface area (Å²) in [5.74, 6) is -0.327. The Morgan fingerprint density at radius 2 is 1.86 bits per heavy atom. The molecule has 2 N–H and O–H groups in total. The average Bonchev–Trinajstić information content (AvgIpc) is 3.17. The van der Waals surface area contributed by atoms with Crippen LogP contribution >= 0.6 is 11.3 Å². The van der Waals surface area contributed by atoms with E-state index in [9.17, 15) is 14.4 Å². The van der Waals surface area contributed by atoms with Gasteiger partial charge in [-0.05, 0) is 43.0 Å². The Morgan fingerprint density at radius 3 is 2.51 bits per heavy atom. The highest BCUT2D eigenvalue weighted by Crippen LogP contribution is 2.31. The van der Waals surface area contributed by atoms with Crippen molar-refractivity contribution in [3.8, 4) is 5.75 Å². The van der Waals surface area contributed by atoms with Crippen molar-refractivity contribution in [2.45, 2.75) is 39.7 Å². The molecule has 2 aromatic carbocycles. The van der Waals surface area contributed by atoms with Gasteiger partial charge in [-0.3, -0.25) is 14.2 Å². The van der Waals surface area contributed by atoms with E-state index in [1.54, 1.807) is 42.7 Å². The monoisotopic (exact) mass is 519 g/mol. The van der Waals surface area contributed by atoms with Crippen molar-refractivity contribution in [1.29, 1.82) is 0 Å². The highest BCUT2D eigenvalue weighted by Gasteiger charge is 2.33. The Bertz CT molecular complexity index is 1550. The zero-order valence-corrected chi connectivity index (χ0v) is 22.0. The van der Waals surface area contributed by atoms with Gasteiger partial charge >= 0.3 is 5.97 Å². The van der Waals surface area contributed by atoms with Crippen molar-refractivity contribution >= 4 is 29.3 Å². The minimum Gasteiger partial charge on any atom is -0.483 e. The highest BCUT2D eigenvalue weighted by atomic mass is 32.1. The number of allylic oxidation sites excluding steroid dienone is 1. The van der Waals surface area contributed by atoms with Crippen LogP contribution < -0.4 is 25.4 Å². The fourth-order valence-corrected chi connectivity index (χ4v) is 5.23. The van der Waals surface area contributed by atoms with Crippen LogP contribution in [0.4, 0.5) is 0 Å². The number of benzene rings is 2. The van der Waals surface area contributed by atoms with Gasteiger partial charge in [0.15, 0.2) is 11.4 Å². The number of thiazole rings is 1. The summed E-state index contributed by atoms with van der Waals surface area (Å²) in [6.07, 6.45) is 1.70. The van der Waals surface area contributed by atoms with Crippen molar-refractivity contribution in [3.05, 3.63) is 96.2 Å². The van der Waals surface area contributed by atoms with Crippen LogP contribution in [0.2, 0.25) is 0 Å². The molecule has 4 rings (SSSR count). The van der Waals surface area contributed by atoms with Crippen LogP contribution in [0.5, 0.6) is 5.75 Å². The maximum atomic E-state index is 13.8. The van der Waals surface area contributed by atoms with E-state index in [0.29, 0.717) is 37.8 Å². The van der Waals surface area contributed by atoms with Gasteiger partial charge in [0.1, 0.15) is 5.75 Å². The highest BCUT2D eigenvalue weighted by molar-refractivity contribution is 7.07. The van der Waals surface area contributed by atoms with E-state index in [2.05, 4.69) is 18.8 Å². The molecular formula is C28H29N3O5S. The summed E-state index contributed by atoms with van der Waals surface area (Å²) in [6, 6.07) is 14.3. The summed E-state index contributed by atoms with van der Waals surface area (Å²) < 4.78 is 12.8. The van der Waals surface area contributed by atoms with Crippen molar-refractivity contribution in [2.75, 3.05) is 13.2 Å². The predicted molar refractivity (Wildman–Crippen MR) is 142 cm³/mol. The first-order valence-electron chi connectivity index (χ1n) is 12.0. The summed E-state index contributed by atoms with van der Waals surface area (Å²) in [5.41, 5.74) is 8.34. The number of amides is 1. The lowest BCUT2D eigenvalue weighted by Crippen LogP contribution is -2.40. The molecule has 0 saturated carbocycles. The van der Waals surface area contributed by atoms with Crippen LogP contribution in [0.15, 0.2) is 69.6 Å². The van der Waals surface area contributed by atoms with E-state index in [4.69, 9.17) is 15.2 Å². The number of fused-ring (bicyclic) bond motifs is 1. The molecule has 1 amide bonds. The number of nitrogens with zero attached hydrogens (tertiary/aromatic N) is 2. The molecule has 0 saturated heterocycles. The quantitative estimate of drug-likeness (QED) is 0.460. The van der Waals surface area contributed by atoms with Crippen molar-refractivity contribution < 1.29 is 19.1 Å². The van der Waals surface area contributed by atoms with Crippen molar-refractivity contribution in [2.24, 2.45) is 10.7 Å². The molecule has 192 valence electrons. The fraction of sp³-hybridized carbons (Fsp3) is 0.286. The largest absolute Gasteiger partial charge is 0.483 e. The smallest absolute Gasteiger partial charge is 0.338 e. The molecule has 37 heavy (non-hydrogen) atoms. The lowest BCUT2D eigenvalue weighted by atomic mass is 9.93. The predicted octanol–water partition coefficient (Wildman–Crippen LogP) is 2.79. The topological polar surface area (TPSA) is 113 Å². The van der Waals surface area contributed by atoms with E-state index in [0.717, 1.165) is 11.1 Å². The van der Waals surface area contributed by atoms with Gasteiger partial charge in [0.25, 0.3) is 11.5 Å². The zero-order chi connectivity index (χ0) is 26.7. The van der Waals surface area contributed by atoms with Gasteiger partial charge in [-0.25, -0.2) is 9.79 Å². The minimum absolute atomic E-state index is 0.209. The van der Waals surface area contributed by atoms with Crippen LogP contribution in [0.1, 0.15) is 56.3 Å². The number of ether oxygens (including phenoxy) is 2. The van der Waals surface area contributed by atoms with Gasteiger partial charge in [-0.2, -0.15) is 0 Å². The zero-order valence-electron chi connectivity index (χ0n) is 21.2. The Kier molecular flexibility index (Phi) is 7.73. The molecule has 1 unspecified atom stereocenters. The fourth-order valence-electron chi connectivity index (χ4n) is 4.19. The number of carbonyl (C=O) groups is 2. The standard InChI is InChI=1S/C28H29N3O5S/c1-5-35-27(34)24-17(4)30-28-31(25(24)19-12-10-18(11-13-19)16(2)3)26(33)22(37-28)14-20-8-6-7-9-21(20)36-15-23(29)32/h6-14,16,25H,5,15H2,1-4H3,(H2,29,32). The molecule has 1 atom stereocenters. The number of hydrogen-bond donors (Lipinski definition) is 1.